The van der Waals surface area contributed by atoms with Crippen molar-refractivity contribution in [2.45, 2.75) is 46.7 Å². The quantitative estimate of drug-likeness (QED) is 0.429. The van der Waals surface area contributed by atoms with Gasteiger partial charge in [-0.15, -0.1) is 11.8 Å². The van der Waals surface area contributed by atoms with Gasteiger partial charge < -0.3 is 11.1 Å². The number of allylic oxidation sites excluding steroid dienone is 2. The first-order valence-corrected chi connectivity index (χ1v) is 11.9. The minimum absolute atomic E-state index is 0.139. The molecule has 1 atom stereocenters. The molecule has 0 aliphatic rings. The van der Waals surface area contributed by atoms with Gasteiger partial charge >= 0.3 is 6.18 Å². The van der Waals surface area contributed by atoms with E-state index in [1.165, 1.54) is 36.9 Å². The fraction of sp³-hybridized carbons (Fsp3) is 0.360. The summed E-state index contributed by atoms with van der Waals surface area (Å²) in [5, 5.41) is 4.66. The Bertz CT molecular complexity index is 851. The van der Waals surface area contributed by atoms with Crippen molar-refractivity contribution >= 4 is 35.1 Å². The third-order valence-electron chi connectivity index (χ3n) is 4.08. The van der Waals surface area contributed by atoms with E-state index in [0.29, 0.717) is 16.1 Å². The molecule has 0 aliphatic carbocycles. The highest BCUT2D eigenvalue weighted by Gasteiger charge is 2.39. The molecule has 0 aliphatic heterocycles. The number of nitrogens with one attached hydrogen (secondary N) is 1. The summed E-state index contributed by atoms with van der Waals surface area (Å²) in [6.45, 7) is 9.77. The van der Waals surface area contributed by atoms with E-state index < -0.39 is 12.1 Å². The lowest BCUT2D eigenvalue weighted by atomic mass is 9.95. The zero-order valence-corrected chi connectivity index (χ0v) is 21.3. The minimum Gasteiger partial charge on any atom is -0.350 e. The summed E-state index contributed by atoms with van der Waals surface area (Å²) in [4.78, 5) is 0. The molecule has 0 amide bonds. The summed E-state index contributed by atoms with van der Waals surface area (Å²) in [6, 6.07) is 11.8. The van der Waals surface area contributed by atoms with E-state index in [1.807, 2.05) is 46.1 Å². The predicted molar refractivity (Wildman–Crippen MR) is 137 cm³/mol. The second-order valence-electron chi connectivity index (χ2n) is 6.72. The fourth-order valence-electron chi connectivity index (χ4n) is 2.75. The largest absolute Gasteiger partial charge is 0.399 e. The lowest BCUT2D eigenvalue weighted by Crippen LogP contribution is -2.19. The van der Waals surface area contributed by atoms with Gasteiger partial charge in [0, 0.05) is 10.7 Å². The van der Waals surface area contributed by atoms with Crippen LogP contribution in [0.25, 0.3) is 6.08 Å². The second-order valence-corrected chi connectivity index (χ2v) is 7.97. The molecule has 0 spiro atoms. The van der Waals surface area contributed by atoms with E-state index in [-0.39, 0.29) is 5.56 Å². The first-order valence-electron chi connectivity index (χ1n) is 10.3. The number of alkyl halides is 3. The Hall–Kier alpha value is -1.89. The van der Waals surface area contributed by atoms with Gasteiger partial charge in [-0.25, -0.2) is 0 Å². The van der Waals surface area contributed by atoms with Gasteiger partial charge in [-0.05, 0) is 80.6 Å². The van der Waals surface area contributed by atoms with Crippen molar-refractivity contribution in [3.63, 3.8) is 0 Å². The van der Waals surface area contributed by atoms with Crippen molar-refractivity contribution in [1.29, 1.82) is 0 Å². The molecule has 2 aromatic carbocycles. The van der Waals surface area contributed by atoms with Crippen molar-refractivity contribution in [3.8, 4) is 0 Å². The highest BCUT2D eigenvalue weighted by Crippen LogP contribution is 2.37. The highest BCUT2D eigenvalue weighted by atomic mass is 35.5. The zero-order chi connectivity index (χ0) is 24.9. The van der Waals surface area contributed by atoms with Crippen LogP contribution in [0.3, 0.4) is 0 Å². The monoisotopic (exact) mass is 486 g/mol. The van der Waals surface area contributed by atoms with Crippen molar-refractivity contribution < 1.29 is 13.2 Å². The van der Waals surface area contributed by atoms with E-state index in [4.69, 9.17) is 11.6 Å². The molecule has 0 heterocycles. The molecule has 2 rings (SSSR count). The van der Waals surface area contributed by atoms with Crippen molar-refractivity contribution in [2.24, 2.45) is 5.73 Å². The van der Waals surface area contributed by atoms with Crippen LogP contribution in [0.2, 0.25) is 5.02 Å². The van der Waals surface area contributed by atoms with Gasteiger partial charge in [0.05, 0.1) is 10.9 Å². The number of hydrogen-bond acceptors (Lipinski definition) is 3. The molecule has 7 heteroatoms. The SMILES string of the molecule is CC.CN.CSC(Nc1ccc(/C=C/C(c2cc(C)cc(Cl)c2)C(F)(F)F)cc1)=C(C)C. The number of halogens is 4. The summed E-state index contributed by atoms with van der Waals surface area (Å²) in [5.74, 6) is -1.71. The normalized spacial score (nSPS) is 11.6. The van der Waals surface area contributed by atoms with Gasteiger partial charge in [-0.1, -0.05) is 55.8 Å². The molecule has 32 heavy (non-hydrogen) atoms. The summed E-state index contributed by atoms with van der Waals surface area (Å²) < 4.78 is 40.7. The Balaban J connectivity index is 0.00000227. The third-order valence-corrected chi connectivity index (χ3v) is 5.22. The average Bonchev–Trinajstić information content (AvgIpc) is 2.74. The lowest BCUT2D eigenvalue weighted by molar-refractivity contribution is -0.139. The maximum Gasteiger partial charge on any atom is 0.399 e. The van der Waals surface area contributed by atoms with Gasteiger partial charge in [-0.3, -0.25) is 0 Å². The van der Waals surface area contributed by atoms with E-state index in [0.717, 1.165) is 10.7 Å². The van der Waals surface area contributed by atoms with Crippen LogP contribution >= 0.6 is 23.4 Å². The summed E-state index contributed by atoms with van der Waals surface area (Å²) >= 11 is 7.56. The molecule has 0 saturated carbocycles. The van der Waals surface area contributed by atoms with Crippen molar-refractivity contribution in [1.82, 2.24) is 0 Å². The minimum atomic E-state index is -4.40. The number of benzene rings is 2. The predicted octanol–water partition coefficient (Wildman–Crippen LogP) is 8.64. The Morgan fingerprint density at radius 1 is 1.06 bits per heavy atom. The van der Waals surface area contributed by atoms with Gasteiger partial charge in [0.25, 0.3) is 0 Å². The van der Waals surface area contributed by atoms with Gasteiger partial charge in [0.2, 0.25) is 0 Å². The molecular weight excluding hydrogens is 453 g/mol. The highest BCUT2D eigenvalue weighted by molar-refractivity contribution is 8.02. The van der Waals surface area contributed by atoms with Crippen LogP contribution in [0.15, 0.2) is 59.1 Å². The first-order chi connectivity index (χ1) is 15.1. The molecule has 178 valence electrons. The average molecular weight is 487 g/mol. The molecule has 1 unspecified atom stereocenters. The van der Waals surface area contributed by atoms with Crippen LogP contribution in [0, 0.1) is 6.92 Å². The molecule has 3 N–H and O–H groups in total. The molecule has 2 aromatic rings. The Morgan fingerprint density at radius 3 is 2.06 bits per heavy atom. The van der Waals surface area contributed by atoms with Crippen LogP contribution in [0.4, 0.5) is 18.9 Å². The van der Waals surface area contributed by atoms with Gasteiger partial charge in [0.15, 0.2) is 0 Å². The fourth-order valence-corrected chi connectivity index (χ4v) is 3.68. The zero-order valence-electron chi connectivity index (χ0n) is 19.8. The van der Waals surface area contributed by atoms with Gasteiger partial charge in [0.1, 0.15) is 0 Å². The number of thioether (sulfide) groups is 1. The smallest absolute Gasteiger partial charge is 0.350 e. The lowest BCUT2D eigenvalue weighted by Gasteiger charge is -2.18. The third kappa shape index (κ3) is 10.2. The first kappa shape index (κ1) is 30.1. The Kier molecular flexibility index (Phi) is 14.1. The maximum absolute atomic E-state index is 13.6. The summed E-state index contributed by atoms with van der Waals surface area (Å²) in [7, 11) is 1.50. The topological polar surface area (TPSA) is 38.0 Å². The maximum atomic E-state index is 13.6. The molecule has 0 bridgehead atoms. The number of hydrogen-bond donors (Lipinski definition) is 2. The summed E-state index contributed by atoms with van der Waals surface area (Å²) in [6.07, 6.45) is 0.263. The second kappa shape index (κ2) is 15.0. The Labute approximate surface area is 200 Å². The number of anilines is 1. The molecular formula is C25H34ClF3N2S. The molecule has 2 nitrogen and oxygen atoms in total. The van der Waals surface area contributed by atoms with E-state index in [2.05, 4.69) is 11.1 Å². The van der Waals surface area contributed by atoms with Crippen LogP contribution in [0.1, 0.15) is 50.3 Å². The molecule has 0 saturated heterocycles. The molecule has 0 aromatic heterocycles. The van der Waals surface area contributed by atoms with Crippen LogP contribution in [0.5, 0.6) is 0 Å². The van der Waals surface area contributed by atoms with Crippen LogP contribution in [-0.4, -0.2) is 19.5 Å². The van der Waals surface area contributed by atoms with Crippen LogP contribution < -0.4 is 11.1 Å². The number of nitrogens with two attached hydrogens (primary N) is 1. The van der Waals surface area contributed by atoms with E-state index >= 15 is 0 Å². The molecule has 0 fully saturated rings. The molecule has 0 radical (unpaired) electrons. The van der Waals surface area contributed by atoms with Crippen molar-refractivity contribution in [2.75, 3.05) is 18.6 Å². The number of aryl methyl sites for hydroxylation is 1. The van der Waals surface area contributed by atoms with E-state index in [9.17, 15) is 13.2 Å². The summed E-state index contributed by atoms with van der Waals surface area (Å²) in [5.41, 5.74) is 8.09. The standard InChI is InChI=1S/C22H23ClF3NS.C2H6.CH5N/c1-14(2)21(28-4)27-19-8-5-16(6-9-19)7-10-20(22(24,25)26)17-11-15(3)12-18(23)13-17;2*1-2/h5-13,20,27H,1-4H3;1-2H3;2H2,1H3/b10-7+;;. The van der Waals surface area contributed by atoms with Gasteiger partial charge in [-0.2, -0.15) is 13.2 Å². The van der Waals surface area contributed by atoms with E-state index in [1.54, 1.807) is 36.9 Å². The van der Waals surface area contributed by atoms with Crippen molar-refractivity contribution in [3.05, 3.63) is 80.9 Å². The van der Waals surface area contributed by atoms with Crippen LogP contribution in [-0.2, 0) is 0 Å². The Morgan fingerprint density at radius 2 is 1.62 bits per heavy atom. The number of rotatable bonds is 6.